The first-order valence-corrected chi connectivity index (χ1v) is 10.0. The van der Waals surface area contributed by atoms with Crippen LogP contribution in [-0.2, 0) is 4.74 Å². The van der Waals surface area contributed by atoms with Crippen LogP contribution in [0.1, 0.15) is 23.7 Å². The molecule has 0 amide bonds. The van der Waals surface area contributed by atoms with Gasteiger partial charge in [-0.1, -0.05) is 31.2 Å². The molecule has 31 heavy (non-hydrogen) atoms. The van der Waals surface area contributed by atoms with Gasteiger partial charge >= 0.3 is 5.97 Å². The molecule has 0 saturated heterocycles. The lowest BCUT2D eigenvalue weighted by molar-refractivity contribution is 0.0600. The molecule has 0 radical (unpaired) electrons. The van der Waals surface area contributed by atoms with Gasteiger partial charge in [0.1, 0.15) is 5.75 Å². The molecule has 3 aromatic carbocycles. The number of methoxy groups -OCH3 is 1. The maximum absolute atomic E-state index is 11.6. The van der Waals surface area contributed by atoms with E-state index in [9.17, 15) is 4.79 Å². The number of benzene rings is 3. The van der Waals surface area contributed by atoms with Gasteiger partial charge < -0.3 is 13.9 Å². The third kappa shape index (κ3) is 4.64. The van der Waals surface area contributed by atoms with Crippen molar-refractivity contribution in [3.05, 3.63) is 78.4 Å². The summed E-state index contributed by atoms with van der Waals surface area (Å²) in [5, 5.41) is 8.28. The quantitative estimate of drug-likeness (QED) is 0.364. The van der Waals surface area contributed by atoms with E-state index in [1.807, 2.05) is 48.5 Å². The standard InChI is InChI=1S/C25H22N2O4/c1-3-16-30-22-14-12-18(13-15-22)17-4-6-19(7-5-17)23-26-27-24(31-23)20-8-10-21(11-9-20)25(28)29-2/h4-15H,3,16H2,1-2H3. The van der Waals surface area contributed by atoms with E-state index in [1.54, 1.807) is 24.3 Å². The van der Waals surface area contributed by atoms with Crippen LogP contribution < -0.4 is 4.74 Å². The van der Waals surface area contributed by atoms with Gasteiger partial charge in [-0.2, -0.15) is 0 Å². The largest absolute Gasteiger partial charge is 0.494 e. The molecule has 156 valence electrons. The summed E-state index contributed by atoms with van der Waals surface area (Å²) in [5.41, 5.74) is 4.22. The Morgan fingerprint density at radius 3 is 1.77 bits per heavy atom. The topological polar surface area (TPSA) is 74.5 Å². The Morgan fingerprint density at radius 2 is 1.26 bits per heavy atom. The van der Waals surface area contributed by atoms with Gasteiger partial charge in [-0.25, -0.2) is 4.79 Å². The van der Waals surface area contributed by atoms with Crippen LogP contribution in [0.15, 0.2) is 77.2 Å². The smallest absolute Gasteiger partial charge is 0.337 e. The van der Waals surface area contributed by atoms with Crippen molar-refractivity contribution < 1.29 is 18.7 Å². The fourth-order valence-corrected chi connectivity index (χ4v) is 3.09. The molecule has 0 bridgehead atoms. The predicted octanol–water partition coefficient (Wildman–Crippen LogP) is 5.65. The number of hydrogen-bond acceptors (Lipinski definition) is 6. The van der Waals surface area contributed by atoms with Crippen LogP contribution in [0.5, 0.6) is 5.75 Å². The maximum Gasteiger partial charge on any atom is 0.337 e. The summed E-state index contributed by atoms with van der Waals surface area (Å²) in [6.45, 7) is 2.80. The summed E-state index contributed by atoms with van der Waals surface area (Å²) < 4.78 is 16.2. The molecule has 0 aliphatic heterocycles. The summed E-state index contributed by atoms with van der Waals surface area (Å²) >= 11 is 0. The fraction of sp³-hybridized carbons (Fsp3) is 0.160. The third-order valence-corrected chi connectivity index (χ3v) is 4.77. The zero-order valence-electron chi connectivity index (χ0n) is 17.4. The molecule has 1 heterocycles. The van der Waals surface area contributed by atoms with Crippen LogP contribution in [-0.4, -0.2) is 29.9 Å². The minimum atomic E-state index is -0.388. The van der Waals surface area contributed by atoms with Crippen LogP contribution in [0.25, 0.3) is 34.0 Å². The number of ether oxygens (including phenoxy) is 2. The van der Waals surface area contributed by atoms with Gasteiger partial charge in [0.2, 0.25) is 11.8 Å². The lowest BCUT2D eigenvalue weighted by Gasteiger charge is -2.06. The van der Waals surface area contributed by atoms with Crippen LogP contribution in [0.4, 0.5) is 0 Å². The van der Waals surface area contributed by atoms with Gasteiger partial charge in [0.05, 0.1) is 19.3 Å². The molecule has 0 aliphatic carbocycles. The van der Waals surface area contributed by atoms with Gasteiger partial charge in [0.25, 0.3) is 0 Å². The summed E-state index contributed by atoms with van der Waals surface area (Å²) in [6.07, 6.45) is 0.986. The molecule has 0 unspecified atom stereocenters. The lowest BCUT2D eigenvalue weighted by Crippen LogP contribution is -2.00. The van der Waals surface area contributed by atoms with Crippen molar-refractivity contribution in [2.75, 3.05) is 13.7 Å². The van der Waals surface area contributed by atoms with Crippen molar-refractivity contribution in [2.24, 2.45) is 0 Å². The number of carbonyl (C=O) groups excluding carboxylic acids is 1. The van der Waals surface area contributed by atoms with Crippen molar-refractivity contribution >= 4 is 5.97 Å². The summed E-state index contributed by atoms with van der Waals surface area (Å²) in [5.74, 6) is 1.31. The van der Waals surface area contributed by atoms with E-state index in [-0.39, 0.29) is 5.97 Å². The number of rotatable bonds is 7. The SMILES string of the molecule is CCCOc1ccc(-c2ccc(-c3nnc(-c4ccc(C(=O)OC)cc4)o3)cc2)cc1. The highest BCUT2D eigenvalue weighted by Crippen LogP contribution is 2.28. The van der Waals surface area contributed by atoms with E-state index in [1.165, 1.54) is 7.11 Å². The molecule has 6 nitrogen and oxygen atoms in total. The summed E-state index contributed by atoms with van der Waals surface area (Å²) in [7, 11) is 1.35. The highest BCUT2D eigenvalue weighted by molar-refractivity contribution is 5.89. The normalized spacial score (nSPS) is 10.6. The average Bonchev–Trinajstić information content (AvgIpc) is 3.33. The van der Waals surface area contributed by atoms with Gasteiger partial charge in [0.15, 0.2) is 0 Å². The molecule has 0 spiro atoms. The molecule has 1 aromatic heterocycles. The van der Waals surface area contributed by atoms with Crippen molar-refractivity contribution in [3.8, 4) is 39.8 Å². The van der Waals surface area contributed by atoms with Gasteiger partial charge in [-0.15, -0.1) is 10.2 Å². The molecular weight excluding hydrogens is 392 g/mol. The van der Waals surface area contributed by atoms with E-state index >= 15 is 0 Å². The second-order valence-corrected chi connectivity index (χ2v) is 6.93. The Labute approximate surface area is 180 Å². The number of hydrogen-bond donors (Lipinski definition) is 0. The average molecular weight is 414 g/mol. The van der Waals surface area contributed by atoms with Crippen LogP contribution in [0.2, 0.25) is 0 Å². The lowest BCUT2D eigenvalue weighted by atomic mass is 10.0. The maximum atomic E-state index is 11.6. The van der Waals surface area contributed by atoms with Gasteiger partial charge in [-0.05, 0) is 66.1 Å². The molecule has 0 aliphatic rings. The minimum absolute atomic E-state index is 0.387. The Morgan fingerprint density at radius 1 is 0.774 bits per heavy atom. The monoisotopic (exact) mass is 414 g/mol. The molecule has 6 heteroatoms. The first-order chi connectivity index (χ1) is 15.2. The van der Waals surface area contributed by atoms with Gasteiger partial charge in [-0.3, -0.25) is 0 Å². The molecule has 4 rings (SSSR count). The number of carbonyl (C=O) groups is 1. The Balaban J connectivity index is 1.48. The second kappa shape index (κ2) is 9.26. The molecule has 0 fully saturated rings. The van der Waals surface area contributed by atoms with E-state index in [4.69, 9.17) is 13.9 Å². The first kappa shape index (κ1) is 20.3. The van der Waals surface area contributed by atoms with E-state index in [0.29, 0.717) is 17.3 Å². The zero-order valence-corrected chi connectivity index (χ0v) is 17.4. The summed E-state index contributed by atoms with van der Waals surface area (Å²) in [6, 6.07) is 22.8. The first-order valence-electron chi connectivity index (χ1n) is 10.0. The van der Waals surface area contributed by atoms with E-state index in [2.05, 4.69) is 17.1 Å². The van der Waals surface area contributed by atoms with E-state index in [0.717, 1.165) is 41.0 Å². The Kier molecular flexibility index (Phi) is 6.08. The van der Waals surface area contributed by atoms with Crippen LogP contribution in [0.3, 0.4) is 0 Å². The van der Waals surface area contributed by atoms with Crippen molar-refractivity contribution in [3.63, 3.8) is 0 Å². The van der Waals surface area contributed by atoms with Gasteiger partial charge in [0, 0.05) is 11.1 Å². The van der Waals surface area contributed by atoms with Crippen molar-refractivity contribution in [2.45, 2.75) is 13.3 Å². The van der Waals surface area contributed by atoms with Crippen LogP contribution >= 0.6 is 0 Å². The fourth-order valence-electron chi connectivity index (χ4n) is 3.09. The highest BCUT2D eigenvalue weighted by atomic mass is 16.5. The summed E-state index contributed by atoms with van der Waals surface area (Å²) in [4.78, 5) is 11.6. The zero-order chi connectivity index (χ0) is 21.6. The molecule has 0 atom stereocenters. The predicted molar refractivity (Wildman–Crippen MR) is 118 cm³/mol. The van der Waals surface area contributed by atoms with Crippen molar-refractivity contribution in [1.29, 1.82) is 0 Å². The Hall–Kier alpha value is -3.93. The number of aromatic nitrogens is 2. The molecule has 0 saturated carbocycles. The number of esters is 1. The second-order valence-electron chi connectivity index (χ2n) is 6.93. The molecule has 4 aromatic rings. The van der Waals surface area contributed by atoms with Crippen LogP contribution in [0, 0.1) is 0 Å². The molecular formula is C25H22N2O4. The minimum Gasteiger partial charge on any atom is -0.494 e. The van der Waals surface area contributed by atoms with E-state index < -0.39 is 0 Å². The highest BCUT2D eigenvalue weighted by Gasteiger charge is 2.12. The Bertz CT molecular complexity index is 1150. The van der Waals surface area contributed by atoms with Crippen molar-refractivity contribution in [1.82, 2.24) is 10.2 Å². The third-order valence-electron chi connectivity index (χ3n) is 4.77. The molecule has 0 N–H and O–H groups in total. The number of nitrogens with zero attached hydrogens (tertiary/aromatic N) is 2.